The third kappa shape index (κ3) is 3.56. The molecule has 1 atom stereocenters. The van der Waals surface area contributed by atoms with Gasteiger partial charge in [0.25, 0.3) is 5.91 Å². The number of hydrogen-bond acceptors (Lipinski definition) is 5. The number of nitrogens with zero attached hydrogens (tertiary/aromatic N) is 4. The van der Waals surface area contributed by atoms with E-state index in [0.717, 1.165) is 48.3 Å². The second kappa shape index (κ2) is 7.80. The van der Waals surface area contributed by atoms with Gasteiger partial charge in [0.15, 0.2) is 0 Å². The zero-order chi connectivity index (χ0) is 21.8. The fourth-order valence-electron chi connectivity index (χ4n) is 5.02. The molecule has 166 valence electrons. The molecule has 0 radical (unpaired) electrons. The summed E-state index contributed by atoms with van der Waals surface area (Å²) in [5.74, 6) is 2.83. The number of halogens is 1. The molecular formula is C25H27FN4OS. The molecule has 0 spiro atoms. The molecule has 2 aromatic heterocycles. The molecule has 0 bridgehead atoms. The fraction of sp³-hybridized carbons (Fsp3) is 0.480. The average Bonchev–Trinajstić information content (AvgIpc) is 3.59. The number of thiophene rings is 1. The van der Waals surface area contributed by atoms with Crippen LogP contribution >= 0.6 is 11.3 Å². The second-order valence-electron chi connectivity index (χ2n) is 9.50. The van der Waals surface area contributed by atoms with Crippen molar-refractivity contribution in [3.05, 3.63) is 51.9 Å². The maximum atomic E-state index is 13.6. The molecule has 32 heavy (non-hydrogen) atoms. The van der Waals surface area contributed by atoms with Gasteiger partial charge in [-0.05, 0) is 61.8 Å². The Bertz CT molecular complexity index is 1200. The van der Waals surface area contributed by atoms with Crippen LogP contribution < -0.4 is 4.90 Å². The minimum Gasteiger partial charge on any atom is -0.352 e. The molecule has 1 unspecified atom stereocenters. The molecule has 1 aromatic carbocycles. The van der Waals surface area contributed by atoms with Gasteiger partial charge in [-0.2, -0.15) is 0 Å². The first-order valence-electron chi connectivity index (χ1n) is 11.7. The van der Waals surface area contributed by atoms with Crippen molar-refractivity contribution in [1.29, 1.82) is 0 Å². The lowest BCUT2D eigenvalue weighted by Crippen LogP contribution is -2.49. The molecule has 3 heterocycles. The number of aryl methyl sites for hydroxylation is 1. The van der Waals surface area contributed by atoms with Gasteiger partial charge in [-0.25, -0.2) is 14.4 Å². The van der Waals surface area contributed by atoms with Crippen LogP contribution in [0.5, 0.6) is 0 Å². The smallest absolute Gasteiger partial charge is 0.254 e. The van der Waals surface area contributed by atoms with Gasteiger partial charge in [-0.15, -0.1) is 11.3 Å². The quantitative estimate of drug-likeness (QED) is 0.575. The Morgan fingerprint density at radius 2 is 1.94 bits per heavy atom. The van der Waals surface area contributed by atoms with Crippen LogP contribution in [0, 0.1) is 11.7 Å². The minimum atomic E-state index is -0.373. The zero-order valence-electron chi connectivity index (χ0n) is 18.3. The average molecular weight is 451 g/mol. The fourth-order valence-corrected chi connectivity index (χ4v) is 6.40. The molecule has 7 heteroatoms. The third-order valence-corrected chi connectivity index (χ3v) is 8.18. The van der Waals surface area contributed by atoms with E-state index in [0.29, 0.717) is 24.6 Å². The van der Waals surface area contributed by atoms with E-state index in [1.807, 2.05) is 16.2 Å². The lowest BCUT2D eigenvalue weighted by molar-refractivity contribution is 0.0746. The standard InChI is InChI=1S/C25H27FN4OS/c1-15-5-8-19-20(13-15)32-24-21(19)23(27-22(28-24)16-6-7-16)29-9-11-30(12-10-29)25(31)17-3-2-4-18(26)14-17/h2-4,14-16H,5-13H2,1H3. The van der Waals surface area contributed by atoms with Crippen molar-refractivity contribution in [1.82, 2.24) is 14.9 Å². The summed E-state index contributed by atoms with van der Waals surface area (Å²) in [6.45, 7) is 5.03. The zero-order valence-corrected chi connectivity index (χ0v) is 19.1. The van der Waals surface area contributed by atoms with Gasteiger partial charge in [0.1, 0.15) is 22.3 Å². The summed E-state index contributed by atoms with van der Waals surface area (Å²) >= 11 is 1.87. The molecule has 5 nitrogen and oxygen atoms in total. The predicted molar refractivity (Wildman–Crippen MR) is 125 cm³/mol. The van der Waals surface area contributed by atoms with E-state index < -0.39 is 0 Å². The summed E-state index contributed by atoms with van der Waals surface area (Å²) in [7, 11) is 0. The van der Waals surface area contributed by atoms with Gasteiger partial charge in [-0.1, -0.05) is 13.0 Å². The van der Waals surface area contributed by atoms with E-state index in [1.54, 1.807) is 12.1 Å². The van der Waals surface area contributed by atoms with Crippen molar-refractivity contribution in [3.63, 3.8) is 0 Å². The van der Waals surface area contributed by atoms with Crippen LogP contribution in [0.25, 0.3) is 10.2 Å². The number of benzene rings is 1. The highest BCUT2D eigenvalue weighted by Crippen LogP contribution is 2.44. The van der Waals surface area contributed by atoms with E-state index in [4.69, 9.17) is 9.97 Å². The van der Waals surface area contributed by atoms with Gasteiger partial charge in [-0.3, -0.25) is 4.79 Å². The molecule has 6 rings (SSSR count). The maximum Gasteiger partial charge on any atom is 0.254 e. The largest absolute Gasteiger partial charge is 0.352 e. The lowest BCUT2D eigenvalue weighted by Gasteiger charge is -2.36. The SMILES string of the molecule is CC1CCc2c(sc3nc(C4CC4)nc(N4CCN(C(=O)c5cccc(F)c5)CC4)c23)C1. The summed E-state index contributed by atoms with van der Waals surface area (Å²) in [4.78, 5) is 29.8. The molecule has 2 fully saturated rings. The summed E-state index contributed by atoms with van der Waals surface area (Å²) in [6.07, 6.45) is 5.84. The van der Waals surface area contributed by atoms with Crippen molar-refractivity contribution in [3.8, 4) is 0 Å². The van der Waals surface area contributed by atoms with E-state index in [9.17, 15) is 9.18 Å². The Morgan fingerprint density at radius 3 is 2.69 bits per heavy atom. The summed E-state index contributed by atoms with van der Waals surface area (Å²) in [5.41, 5.74) is 1.87. The first-order valence-corrected chi connectivity index (χ1v) is 12.5. The summed E-state index contributed by atoms with van der Waals surface area (Å²) < 4.78 is 13.6. The van der Waals surface area contributed by atoms with E-state index in [-0.39, 0.29) is 11.7 Å². The number of carbonyl (C=O) groups excluding carboxylic acids is 1. The number of rotatable bonds is 3. The number of anilines is 1. The van der Waals surface area contributed by atoms with Crippen LogP contribution in [0.15, 0.2) is 24.3 Å². The van der Waals surface area contributed by atoms with Crippen LogP contribution in [0.3, 0.4) is 0 Å². The van der Waals surface area contributed by atoms with Crippen molar-refractivity contribution in [2.45, 2.75) is 44.9 Å². The molecule has 1 amide bonds. The number of carbonyl (C=O) groups is 1. The second-order valence-corrected chi connectivity index (χ2v) is 10.6. The number of piperazine rings is 1. The van der Waals surface area contributed by atoms with Gasteiger partial charge < -0.3 is 9.80 Å². The monoisotopic (exact) mass is 450 g/mol. The molecule has 0 N–H and O–H groups in total. The van der Waals surface area contributed by atoms with Gasteiger partial charge >= 0.3 is 0 Å². The highest BCUT2D eigenvalue weighted by molar-refractivity contribution is 7.19. The Hall–Kier alpha value is -2.54. The Kier molecular flexibility index (Phi) is 4.90. The number of aromatic nitrogens is 2. The summed E-state index contributed by atoms with van der Waals surface area (Å²) in [5, 5.41) is 1.26. The maximum absolute atomic E-state index is 13.6. The first kappa shape index (κ1) is 20.1. The van der Waals surface area contributed by atoms with E-state index >= 15 is 0 Å². The molecular weight excluding hydrogens is 423 g/mol. The molecule has 1 saturated heterocycles. The highest BCUT2D eigenvalue weighted by Gasteiger charge is 2.32. The van der Waals surface area contributed by atoms with Gasteiger partial charge in [0.2, 0.25) is 0 Å². The van der Waals surface area contributed by atoms with Crippen molar-refractivity contribution < 1.29 is 9.18 Å². The van der Waals surface area contributed by atoms with E-state index in [2.05, 4.69) is 11.8 Å². The van der Waals surface area contributed by atoms with Crippen LogP contribution in [0.4, 0.5) is 10.2 Å². The Morgan fingerprint density at radius 1 is 1.12 bits per heavy atom. The van der Waals surface area contributed by atoms with Crippen LogP contribution in [-0.4, -0.2) is 47.0 Å². The van der Waals surface area contributed by atoms with Crippen LogP contribution in [0.1, 0.15) is 58.7 Å². The van der Waals surface area contributed by atoms with Crippen molar-refractivity contribution in [2.75, 3.05) is 31.1 Å². The van der Waals surface area contributed by atoms with Crippen LogP contribution in [-0.2, 0) is 12.8 Å². The first-order chi connectivity index (χ1) is 15.6. The van der Waals surface area contributed by atoms with Crippen molar-refractivity contribution >= 4 is 33.3 Å². The van der Waals surface area contributed by atoms with Crippen LogP contribution in [0.2, 0.25) is 0 Å². The topological polar surface area (TPSA) is 49.3 Å². The molecule has 3 aliphatic rings. The number of amides is 1. The summed E-state index contributed by atoms with van der Waals surface area (Å²) in [6, 6.07) is 5.97. The third-order valence-electron chi connectivity index (χ3n) is 7.03. The Labute approximate surface area is 191 Å². The number of fused-ring (bicyclic) bond motifs is 3. The normalized spacial score (nSPS) is 21.1. The van der Waals surface area contributed by atoms with Gasteiger partial charge in [0, 0.05) is 42.5 Å². The minimum absolute atomic E-state index is 0.0995. The number of hydrogen-bond donors (Lipinski definition) is 0. The molecule has 3 aromatic rings. The van der Waals surface area contributed by atoms with E-state index in [1.165, 1.54) is 47.2 Å². The predicted octanol–water partition coefficient (Wildman–Crippen LogP) is 4.80. The lowest BCUT2D eigenvalue weighted by atomic mass is 9.89. The Balaban J connectivity index is 1.30. The van der Waals surface area contributed by atoms with Gasteiger partial charge in [0.05, 0.1) is 5.39 Å². The molecule has 1 aliphatic heterocycles. The highest BCUT2D eigenvalue weighted by atomic mass is 32.1. The molecule has 1 saturated carbocycles. The van der Waals surface area contributed by atoms with Crippen molar-refractivity contribution in [2.24, 2.45) is 5.92 Å². The molecule has 2 aliphatic carbocycles.